The van der Waals surface area contributed by atoms with Crippen LogP contribution in [0.2, 0.25) is 0 Å². The molecule has 2 N–H and O–H groups in total. The first kappa shape index (κ1) is 27.4. The van der Waals surface area contributed by atoms with E-state index in [2.05, 4.69) is 20.6 Å². The number of carbonyl (C=O) groups is 2. The van der Waals surface area contributed by atoms with Crippen LogP contribution in [-0.2, 0) is 6.18 Å². The molecule has 4 heterocycles. The van der Waals surface area contributed by atoms with Gasteiger partial charge in [0.05, 0.1) is 17.4 Å². The monoisotopic (exact) mass is 560 g/mol. The van der Waals surface area contributed by atoms with Gasteiger partial charge in [0.25, 0.3) is 17.8 Å². The molecule has 0 spiro atoms. The Hall–Kier alpha value is -4.16. The van der Waals surface area contributed by atoms with Gasteiger partial charge in [0.2, 0.25) is 5.76 Å². The number of amides is 2. The number of nitrogens with one attached hydrogen (secondary N) is 2. The van der Waals surface area contributed by atoms with E-state index < -0.39 is 35.3 Å². The summed E-state index contributed by atoms with van der Waals surface area (Å²) < 4.78 is 60.0. The maximum Gasteiger partial charge on any atom is 0.437 e. The number of oxazole rings is 1. The maximum atomic E-state index is 13.9. The third-order valence-corrected chi connectivity index (χ3v) is 7.00. The lowest BCUT2D eigenvalue weighted by atomic mass is 10.0. The summed E-state index contributed by atoms with van der Waals surface area (Å²) in [6.07, 6.45) is 0.328. The van der Waals surface area contributed by atoms with E-state index in [1.807, 2.05) is 4.90 Å². The first-order valence-electron chi connectivity index (χ1n) is 13.1. The minimum atomic E-state index is -4.85. The average Bonchev–Trinajstić information content (AvgIpc) is 3.42. The van der Waals surface area contributed by atoms with Crippen molar-refractivity contribution in [3.8, 4) is 0 Å². The Morgan fingerprint density at radius 3 is 2.30 bits per heavy atom. The van der Waals surface area contributed by atoms with Crippen molar-refractivity contribution in [2.45, 2.75) is 44.3 Å². The minimum Gasteiger partial charge on any atom is -0.417 e. The molecule has 0 radical (unpaired) electrons. The number of anilines is 3. The summed E-state index contributed by atoms with van der Waals surface area (Å²) in [5.74, 6) is -2.38. The Morgan fingerprint density at radius 2 is 1.65 bits per heavy atom. The van der Waals surface area contributed by atoms with Gasteiger partial charge in [0, 0.05) is 32.2 Å². The lowest BCUT2D eigenvalue weighted by Gasteiger charge is -2.33. The molecule has 2 fully saturated rings. The molecule has 2 amide bonds. The second-order valence-electron chi connectivity index (χ2n) is 9.79. The molecule has 0 atom stereocenters. The van der Waals surface area contributed by atoms with E-state index in [9.17, 15) is 27.2 Å². The molecule has 13 heteroatoms. The highest BCUT2D eigenvalue weighted by atomic mass is 19.4. The summed E-state index contributed by atoms with van der Waals surface area (Å²) >= 11 is 0. The van der Waals surface area contributed by atoms with E-state index >= 15 is 0 Å². The zero-order chi connectivity index (χ0) is 28.3. The average molecular weight is 561 g/mol. The molecule has 40 heavy (non-hydrogen) atoms. The second kappa shape index (κ2) is 11.5. The molecule has 3 aromatic rings. The van der Waals surface area contributed by atoms with Crippen LogP contribution in [0, 0.1) is 5.82 Å². The van der Waals surface area contributed by atoms with E-state index in [1.54, 1.807) is 23.1 Å². The zero-order valence-electron chi connectivity index (χ0n) is 21.5. The standard InChI is InChI=1S/C27H28F4N6O3/c28-20-7-3-2-6-19(20)24(38)33-17-10-14-36(15-11-17)21-9-8-18(16-32-21)34-25(39)22-23(27(29,30)31)35-26(40-22)37-12-4-1-5-13-37/h2-3,6-9,16-17H,1,4-5,10-15H2,(H,33,38)(H,34,39). The highest BCUT2D eigenvalue weighted by Gasteiger charge is 2.42. The third-order valence-electron chi connectivity index (χ3n) is 7.00. The van der Waals surface area contributed by atoms with Gasteiger partial charge in [-0.05, 0) is 56.4 Å². The number of rotatable bonds is 6. The Labute approximate surface area is 227 Å². The number of hydrogen-bond donors (Lipinski definition) is 2. The van der Waals surface area contributed by atoms with Crippen LogP contribution in [0.1, 0.15) is 58.7 Å². The topological polar surface area (TPSA) is 104 Å². The number of alkyl halides is 3. The normalized spacial score (nSPS) is 16.6. The van der Waals surface area contributed by atoms with Gasteiger partial charge in [-0.2, -0.15) is 18.2 Å². The number of halogens is 4. The molecule has 1 aromatic carbocycles. The molecule has 0 saturated carbocycles. The van der Waals surface area contributed by atoms with Crippen molar-refractivity contribution in [2.24, 2.45) is 0 Å². The molecule has 2 aliphatic rings. The van der Waals surface area contributed by atoms with Gasteiger partial charge in [-0.25, -0.2) is 9.37 Å². The summed E-state index contributed by atoms with van der Waals surface area (Å²) in [7, 11) is 0. The number of pyridine rings is 1. The molecule has 0 aliphatic carbocycles. The molecule has 0 unspecified atom stereocenters. The lowest BCUT2D eigenvalue weighted by Crippen LogP contribution is -2.45. The fourth-order valence-electron chi connectivity index (χ4n) is 4.87. The predicted molar refractivity (Wildman–Crippen MR) is 139 cm³/mol. The number of benzene rings is 1. The van der Waals surface area contributed by atoms with Crippen LogP contribution in [0.15, 0.2) is 47.0 Å². The van der Waals surface area contributed by atoms with Crippen LogP contribution < -0.4 is 20.4 Å². The van der Waals surface area contributed by atoms with E-state index in [4.69, 9.17) is 4.42 Å². The van der Waals surface area contributed by atoms with Crippen molar-refractivity contribution in [1.29, 1.82) is 0 Å². The highest BCUT2D eigenvalue weighted by Crippen LogP contribution is 2.35. The number of piperidine rings is 2. The quantitative estimate of drug-likeness (QED) is 0.415. The second-order valence-corrected chi connectivity index (χ2v) is 9.79. The largest absolute Gasteiger partial charge is 0.437 e. The van der Waals surface area contributed by atoms with Crippen LogP contribution in [0.3, 0.4) is 0 Å². The maximum absolute atomic E-state index is 13.9. The SMILES string of the molecule is O=C(NC1CCN(c2ccc(NC(=O)c3oc(N4CCCCC4)nc3C(F)(F)F)cn2)CC1)c1ccccc1F. The molecule has 0 bridgehead atoms. The van der Waals surface area contributed by atoms with Gasteiger partial charge in [0.15, 0.2) is 5.69 Å². The fraction of sp³-hybridized carbons (Fsp3) is 0.407. The van der Waals surface area contributed by atoms with Gasteiger partial charge in [-0.3, -0.25) is 9.59 Å². The first-order valence-corrected chi connectivity index (χ1v) is 13.1. The van der Waals surface area contributed by atoms with Gasteiger partial charge < -0.3 is 24.9 Å². The van der Waals surface area contributed by atoms with E-state index in [0.29, 0.717) is 44.8 Å². The molecule has 2 aromatic heterocycles. The summed E-state index contributed by atoms with van der Waals surface area (Å²) in [6.45, 7) is 2.18. The molecule has 9 nitrogen and oxygen atoms in total. The number of nitrogens with zero attached hydrogens (tertiary/aromatic N) is 4. The summed E-state index contributed by atoms with van der Waals surface area (Å²) in [5.41, 5.74) is -1.16. The molecule has 5 rings (SSSR count). The highest BCUT2D eigenvalue weighted by molar-refractivity contribution is 6.03. The van der Waals surface area contributed by atoms with E-state index in [-0.39, 0.29) is 23.3 Å². The van der Waals surface area contributed by atoms with E-state index in [0.717, 1.165) is 19.3 Å². The van der Waals surface area contributed by atoms with Gasteiger partial charge in [-0.15, -0.1) is 0 Å². The zero-order valence-corrected chi connectivity index (χ0v) is 21.5. The molecule has 2 saturated heterocycles. The van der Waals surface area contributed by atoms with Crippen molar-refractivity contribution in [3.05, 3.63) is 65.4 Å². The Morgan fingerprint density at radius 1 is 0.925 bits per heavy atom. The summed E-state index contributed by atoms with van der Waals surface area (Å²) in [4.78, 5) is 36.7. The van der Waals surface area contributed by atoms with Crippen molar-refractivity contribution in [3.63, 3.8) is 0 Å². The Bertz CT molecular complexity index is 1350. The van der Waals surface area contributed by atoms with Crippen LogP contribution in [0.25, 0.3) is 0 Å². The van der Waals surface area contributed by atoms with Crippen LogP contribution >= 0.6 is 0 Å². The summed E-state index contributed by atoms with van der Waals surface area (Å²) in [5, 5.41) is 5.28. The van der Waals surface area contributed by atoms with Crippen molar-refractivity contribution in [1.82, 2.24) is 15.3 Å². The van der Waals surface area contributed by atoms with Crippen molar-refractivity contribution < 1.29 is 31.6 Å². The van der Waals surface area contributed by atoms with Gasteiger partial charge >= 0.3 is 6.18 Å². The lowest BCUT2D eigenvalue weighted by molar-refractivity contribution is -0.141. The fourth-order valence-corrected chi connectivity index (χ4v) is 4.87. The van der Waals surface area contributed by atoms with Gasteiger partial charge in [-0.1, -0.05) is 12.1 Å². The summed E-state index contributed by atoms with van der Waals surface area (Å²) in [6, 6.07) is 8.66. The first-order chi connectivity index (χ1) is 19.2. The van der Waals surface area contributed by atoms with Crippen LogP contribution in [0.5, 0.6) is 0 Å². The Balaban J connectivity index is 1.18. The van der Waals surface area contributed by atoms with Crippen molar-refractivity contribution in [2.75, 3.05) is 41.3 Å². The van der Waals surface area contributed by atoms with Crippen molar-refractivity contribution >= 4 is 29.3 Å². The minimum absolute atomic E-state index is 0.000338. The number of aromatic nitrogens is 2. The van der Waals surface area contributed by atoms with E-state index in [1.165, 1.54) is 24.4 Å². The molecule has 212 valence electrons. The third kappa shape index (κ3) is 6.18. The predicted octanol–water partition coefficient (Wildman–Crippen LogP) is 4.87. The Kier molecular flexibility index (Phi) is 7.90. The number of carbonyl (C=O) groups excluding carboxylic acids is 2. The molecular formula is C27H28F4N6O3. The molecule has 2 aliphatic heterocycles. The van der Waals surface area contributed by atoms with Crippen LogP contribution in [-0.4, -0.2) is 54.0 Å². The number of hydrogen-bond acceptors (Lipinski definition) is 7. The molecular weight excluding hydrogens is 532 g/mol. The smallest absolute Gasteiger partial charge is 0.417 e. The van der Waals surface area contributed by atoms with Crippen LogP contribution in [0.4, 0.5) is 35.1 Å². The van der Waals surface area contributed by atoms with Gasteiger partial charge in [0.1, 0.15) is 11.6 Å².